The Morgan fingerprint density at radius 2 is 2.00 bits per heavy atom. The van der Waals surface area contributed by atoms with Gasteiger partial charge in [0.2, 0.25) is 5.91 Å². The molecule has 1 N–H and O–H groups in total. The zero-order valence-electron chi connectivity index (χ0n) is 13.7. The number of fused-ring (bicyclic) bond motifs is 3. The molecule has 3 aromatic rings. The van der Waals surface area contributed by atoms with Crippen molar-refractivity contribution >= 4 is 16.8 Å². The molecule has 0 bridgehead atoms. The summed E-state index contributed by atoms with van der Waals surface area (Å²) in [5.74, 6) is -0.284. The molecule has 0 spiro atoms. The molecule has 122 valence electrons. The summed E-state index contributed by atoms with van der Waals surface area (Å²) in [5.41, 5.74) is 4.08. The van der Waals surface area contributed by atoms with Crippen molar-refractivity contribution in [3.63, 3.8) is 0 Å². The minimum Gasteiger partial charge on any atom is -0.356 e. The van der Waals surface area contributed by atoms with Gasteiger partial charge in [0.05, 0.1) is 6.04 Å². The highest BCUT2D eigenvalue weighted by atomic mass is 19.1. The van der Waals surface area contributed by atoms with Crippen molar-refractivity contribution in [3.05, 3.63) is 71.2 Å². The third kappa shape index (κ3) is 2.21. The number of halogens is 1. The summed E-state index contributed by atoms with van der Waals surface area (Å²) in [6, 6.07) is 14.5. The summed E-state index contributed by atoms with van der Waals surface area (Å²) in [4.78, 5) is 17.6. The van der Waals surface area contributed by atoms with Crippen LogP contribution in [0, 0.1) is 5.82 Å². The van der Waals surface area contributed by atoms with Crippen LogP contribution >= 0.6 is 0 Å². The number of amides is 1. The quantitative estimate of drug-likeness (QED) is 0.716. The summed E-state index contributed by atoms with van der Waals surface area (Å²) in [5, 5.41) is 1.18. The second-order valence-corrected chi connectivity index (χ2v) is 6.50. The van der Waals surface area contributed by atoms with Crippen molar-refractivity contribution in [3.8, 4) is 0 Å². The largest absolute Gasteiger partial charge is 0.356 e. The van der Waals surface area contributed by atoms with Gasteiger partial charge in [0.1, 0.15) is 5.82 Å². The summed E-state index contributed by atoms with van der Waals surface area (Å²) in [6.45, 7) is 3.63. The average molecular weight is 322 g/mol. The minimum atomic E-state index is -0.288. The van der Waals surface area contributed by atoms with E-state index in [1.807, 2.05) is 29.2 Å². The van der Waals surface area contributed by atoms with Crippen LogP contribution in [-0.2, 0) is 11.2 Å². The highest BCUT2D eigenvalue weighted by Gasteiger charge is 2.37. The van der Waals surface area contributed by atoms with Crippen molar-refractivity contribution in [2.45, 2.75) is 32.4 Å². The molecule has 2 heterocycles. The van der Waals surface area contributed by atoms with Gasteiger partial charge >= 0.3 is 0 Å². The zero-order valence-corrected chi connectivity index (χ0v) is 13.7. The number of carbonyl (C=O) groups excluding carboxylic acids is 1. The lowest BCUT2D eigenvalue weighted by Gasteiger charge is -2.40. The molecule has 0 radical (unpaired) electrons. The number of H-pyrrole nitrogens is 1. The summed E-state index contributed by atoms with van der Waals surface area (Å²) >= 11 is 0. The number of nitrogens with one attached hydrogen (secondary N) is 1. The number of nitrogens with zero attached hydrogens (tertiary/aromatic N) is 1. The lowest BCUT2D eigenvalue weighted by Crippen LogP contribution is -2.45. The summed E-state index contributed by atoms with van der Waals surface area (Å²) in [7, 11) is 0. The monoisotopic (exact) mass is 322 g/mol. The number of para-hydroxylation sites is 1. The Labute approximate surface area is 140 Å². The molecule has 2 aromatic carbocycles. The predicted octanol–water partition coefficient (Wildman–Crippen LogP) is 4.19. The third-order valence-corrected chi connectivity index (χ3v) is 4.90. The first-order chi connectivity index (χ1) is 11.6. The van der Waals surface area contributed by atoms with E-state index in [9.17, 15) is 9.18 Å². The van der Waals surface area contributed by atoms with E-state index in [-0.39, 0.29) is 23.8 Å². The van der Waals surface area contributed by atoms with E-state index in [1.165, 1.54) is 23.1 Å². The Kier molecular flexibility index (Phi) is 3.41. The Balaban J connectivity index is 1.98. The van der Waals surface area contributed by atoms with E-state index in [0.29, 0.717) is 0 Å². The molecule has 2 atom stereocenters. The number of hydrogen-bond donors (Lipinski definition) is 1. The molecular weight excluding hydrogens is 303 g/mol. The maximum absolute atomic E-state index is 13.8. The van der Waals surface area contributed by atoms with Crippen LogP contribution in [0.15, 0.2) is 48.5 Å². The maximum Gasteiger partial charge on any atom is 0.220 e. The lowest BCUT2D eigenvalue weighted by atomic mass is 9.88. The molecule has 1 aliphatic rings. The van der Waals surface area contributed by atoms with Gasteiger partial charge in [-0.1, -0.05) is 30.3 Å². The van der Waals surface area contributed by atoms with Crippen LogP contribution in [0.2, 0.25) is 0 Å². The highest BCUT2D eigenvalue weighted by Crippen LogP contribution is 2.40. The van der Waals surface area contributed by atoms with Crippen LogP contribution in [0.3, 0.4) is 0 Å². The first-order valence-electron chi connectivity index (χ1n) is 8.20. The van der Waals surface area contributed by atoms with E-state index in [4.69, 9.17) is 0 Å². The molecule has 0 fully saturated rings. The van der Waals surface area contributed by atoms with Crippen LogP contribution in [-0.4, -0.2) is 21.8 Å². The van der Waals surface area contributed by atoms with Gasteiger partial charge in [-0.2, -0.15) is 0 Å². The number of rotatable bonds is 1. The first kappa shape index (κ1) is 14.9. The van der Waals surface area contributed by atoms with Gasteiger partial charge in [-0.3, -0.25) is 4.79 Å². The predicted molar refractivity (Wildman–Crippen MR) is 92.2 cm³/mol. The minimum absolute atomic E-state index is 0.000988. The van der Waals surface area contributed by atoms with Gasteiger partial charge < -0.3 is 9.88 Å². The van der Waals surface area contributed by atoms with Crippen LogP contribution in [0.4, 0.5) is 4.39 Å². The van der Waals surface area contributed by atoms with Gasteiger partial charge in [0.15, 0.2) is 0 Å². The molecular formula is C20H19FN2O. The van der Waals surface area contributed by atoms with Crippen LogP contribution in [0.25, 0.3) is 10.9 Å². The fourth-order valence-electron chi connectivity index (χ4n) is 3.96. The first-order valence-corrected chi connectivity index (χ1v) is 8.20. The topological polar surface area (TPSA) is 36.1 Å². The molecule has 0 saturated carbocycles. The normalized spacial score (nSPS) is 20.2. The van der Waals surface area contributed by atoms with Gasteiger partial charge in [0, 0.05) is 29.6 Å². The van der Waals surface area contributed by atoms with Crippen LogP contribution < -0.4 is 0 Å². The summed E-state index contributed by atoms with van der Waals surface area (Å²) < 4.78 is 13.8. The van der Waals surface area contributed by atoms with E-state index < -0.39 is 0 Å². The fourth-order valence-corrected chi connectivity index (χ4v) is 3.96. The average Bonchev–Trinajstić information content (AvgIpc) is 2.91. The number of carbonyl (C=O) groups is 1. The standard InChI is InChI=1S/C20H19FN2O/c1-12-10-17-16-8-3-4-9-18(16)22-19(17)20(23(12)13(2)24)14-6-5-7-15(21)11-14/h3-9,11-12,20,22H,10H2,1-2H3/t12-,20-/m1/s1. The van der Waals surface area contributed by atoms with Crippen molar-refractivity contribution in [2.75, 3.05) is 0 Å². The Hall–Kier alpha value is -2.62. The molecule has 4 rings (SSSR count). The number of aromatic nitrogens is 1. The molecule has 1 aromatic heterocycles. The molecule has 0 aliphatic carbocycles. The van der Waals surface area contributed by atoms with Gasteiger partial charge in [-0.15, -0.1) is 0 Å². The summed E-state index contributed by atoms with van der Waals surface area (Å²) in [6.07, 6.45) is 0.796. The molecule has 24 heavy (non-hydrogen) atoms. The van der Waals surface area contributed by atoms with Crippen molar-refractivity contribution in [1.29, 1.82) is 0 Å². The van der Waals surface area contributed by atoms with E-state index in [1.54, 1.807) is 13.0 Å². The number of aromatic amines is 1. The lowest BCUT2D eigenvalue weighted by molar-refractivity contribution is -0.133. The number of hydrogen-bond acceptors (Lipinski definition) is 1. The molecule has 0 unspecified atom stereocenters. The van der Waals surface area contributed by atoms with Crippen LogP contribution in [0.1, 0.15) is 36.7 Å². The molecule has 4 heteroatoms. The Morgan fingerprint density at radius 1 is 1.21 bits per heavy atom. The molecule has 3 nitrogen and oxygen atoms in total. The van der Waals surface area contributed by atoms with Gasteiger partial charge in [-0.05, 0) is 42.7 Å². The van der Waals surface area contributed by atoms with Crippen molar-refractivity contribution < 1.29 is 9.18 Å². The van der Waals surface area contributed by atoms with E-state index >= 15 is 0 Å². The highest BCUT2D eigenvalue weighted by molar-refractivity contribution is 5.86. The zero-order chi connectivity index (χ0) is 16.8. The second kappa shape index (κ2) is 5.48. The fraction of sp³-hybridized carbons (Fsp3) is 0.250. The van der Waals surface area contributed by atoms with E-state index in [0.717, 1.165) is 23.2 Å². The maximum atomic E-state index is 13.8. The Bertz CT molecular complexity index is 930. The second-order valence-electron chi connectivity index (χ2n) is 6.50. The van der Waals surface area contributed by atoms with Crippen LogP contribution in [0.5, 0.6) is 0 Å². The van der Waals surface area contributed by atoms with Crippen molar-refractivity contribution in [1.82, 2.24) is 9.88 Å². The molecule has 1 aliphatic heterocycles. The third-order valence-electron chi connectivity index (χ3n) is 4.90. The van der Waals surface area contributed by atoms with Gasteiger partial charge in [-0.25, -0.2) is 4.39 Å². The van der Waals surface area contributed by atoms with Crippen molar-refractivity contribution in [2.24, 2.45) is 0 Å². The SMILES string of the molecule is CC(=O)N1[C@H](c2cccc(F)c2)c2[nH]c3ccccc3c2C[C@H]1C. The van der Waals surface area contributed by atoms with E-state index in [2.05, 4.69) is 18.0 Å². The molecule has 1 amide bonds. The number of benzene rings is 2. The van der Waals surface area contributed by atoms with Gasteiger partial charge in [0.25, 0.3) is 0 Å². The molecule has 0 saturated heterocycles. The smallest absolute Gasteiger partial charge is 0.220 e. The Morgan fingerprint density at radius 3 is 2.75 bits per heavy atom.